The van der Waals surface area contributed by atoms with E-state index in [0.717, 1.165) is 24.0 Å². The molecule has 0 bridgehead atoms. The number of allylic oxidation sites excluding steroid dienone is 1. The van der Waals surface area contributed by atoms with E-state index in [-0.39, 0.29) is 5.92 Å². The molecule has 26 heavy (non-hydrogen) atoms. The number of fused-ring (bicyclic) bond motifs is 5. The average molecular weight is 342 g/mol. The van der Waals surface area contributed by atoms with E-state index in [9.17, 15) is 4.79 Å². The van der Waals surface area contributed by atoms with E-state index in [0.29, 0.717) is 23.5 Å². The van der Waals surface area contributed by atoms with Gasteiger partial charge < -0.3 is 0 Å². The van der Waals surface area contributed by atoms with Crippen LogP contribution >= 0.6 is 0 Å². The highest BCUT2D eigenvalue weighted by molar-refractivity contribution is 6.02. The van der Waals surface area contributed by atoms with Gasteiger partial charge in [-0.1, -0.05) is 54.6 Å². The molecule has 2 aromatic rings. The topological polar surface area (TPSA) is 17.1 Å². The summed E-state index contributed by atoms with van der Waals surface area (Å²) in [4.78, 5) is 13.2. The van der Waals surface area contributed by atoms with Crippen molar-refractivity contribution in [2.45, 2.75) is 44.4 Å². The standard InChI is InChI=1S/C25H26O/c26-25-19(16-17-6-2-1-3-7-17)11-13-23-22-12-10-18-8-4-5-9-20(18)21(22)14-15-24(23)25/h1-9,16,21-24H,10-15H2/b19-16+/t21-,22-,23+,24+/m1/s1. The van der Waals surface area contributed by atoms with Crippen molar-refractivity contribution in [1.82, 2.24) is 0 Å². The molecule has 2 fully saturated rings. The predicted octanol–water partition coefficient (Wildman–Crippen LogP) is 5.81. The van der Waals surface area contributed by atoms with Crippen LogP contribution in [0.25, 0.3) is 6.08 Å². The van der Waals surface area contributed by atoms with Gasteiger partial charge in [0, 0.05) is 5.92 Å². The first kappa shape index (κ1) is 16.1. The number of Topliss-reactive ketones (excluding diaryl/α,β-unsaturated/α-hetero) is 1. The van der Waals surface area contributed by atoms with Crippen molar-refractivity contribution in [3.63, 3.8) is 0 Å². The minimum Gasteiger partial charge on any atom is -0.294 e. The highest BCUT2D eigenvalue weighted by Gasteiger charge is 2.46. The third-order valence-electron chi connectivity index (χ3n) is 7.11. The molecule has 3 aliphatic carbocycles. The van der Waals surface area contributed by atoms with Crippen LogP contribution in [0, 0.1) is 17.8 Å². The lowest BCUT2D eigenvalue weighted by Gasteiger charge is -2.48. The smallest absolute Gasteiger partial charge is 0.162 e. The summed E-state index contributed by atoms with van der Waals surface area (Å²) in [6.45, 7) is 0. The Labute approximate surface area is 156 Å². The van der Waals surface area contributed by atoms with Crippen molar-refractivity contribution < 1.29 is 4.79 Å². The summed E-state index contributed by atoms with van der Waals surface area (Å²) in [6.07, 6.45) is 9.02. The highest BCUT2D eigenvalue weighted by atomic mass is 16.1. The SMILES string of the molecule is O=C1/C(=C/c2ccccc2)CC[C@H]2[C@@H]3CCc4ccccc4[C@H]3CC[C@H]12. The Bertz CT molecular complexity index is 847. The first-order chi connectivity index (χ1) is 12.8. The largest absolute Gasteiger partial charge is 0.294 e. The molecule has 0 heterocycles. The van der Waals surface area contributed by atoms with Crippen LogP contribution in [0.15, 0.2) is 60.2 Å². The van der Waals surface area contributed by atoms with Crippen LogP contribution in [0.2, 0.25) is 0 Å². The molecular formula is C25H26O. The van der Waals surface area contributed by atoms with Gasteiger partial charge in [-0.2, -0.15) is 0 Å². The van der Waals surface area contributed by atoms with Gasteiger partial charge in [0.1, 0.15) is 0 Å². The molecule has 0 saturated heterocycles. The maximum atomic E-state index is 13.2. The van der Waals surface area contributed by atoms with Crippen LogP contribution in [0.5, 0.6) is 0 Å². The Morgan fingerprint density at radius 1 is 0.731 bits per heavy atom. The molecule has 132 valence electrons. The molecule has 0 aliphatic heterocycles. The molecule has 0 aromatic heterocycles. The molecule has 0 unspecified atom stereocenters. The highest BCUT2D eigenvalue weighted by Crippen LogP contribution is 2.53. The van der Waals surface area contributed by atoms with Gasteiger partial charge in [0.15, 0.2) is 5.78 Å². The molecular weight excluding hydrogens is 316 g/mol. The Morgan fingerprint density at radius 3 is 2.31 bits per heavy atom. The fraction of sp³-hybridized carbons (Fsp3) is 0.400. The lowest BCUT2D eigenvalue weighted by atomic mass is 9.56. The van der Waals surface area contributed by atoms with Gasteiger partial charge in [-0.05, 0) is 84.6 Å². The first-order valence-corrected chi connectivity index (χ1v) is 10.2. The van der Waals surface area contributed by atoms with E-state index in [1.54, 1.807) is 11.1 Å². The normalized spacial score (nSPS) is 31.8. The molecule has 2 aromatic carbocycles. The molecule has 1 nitrogen and oxygen atoms in total. The quantitative estimate of drug-likeness (QED) is 0.598. The van der Waals surface area contributed by atoms with Crippen molar-refractivity contribution in [3.8, 4) is 0 Å². The zero-order chi connectivity index (χ0) is 17.5. The molecule has 5 rings (SSSR count). The summed E-state index contributed by atoms with van der Waals surface area (Å²) in [5, 5.41) is 0. The summed E-state index contributed by atoms with van der Waals surface area (Å²) in [6, 6.07) is 19.4. The lowest BCUT2D eigenvalue weighted by Crippen LogP contribution is -2.42. The van der Waals surface area contributed by atoms with E-state index in [1.807, 2.05) is 18.2 Å². The van der Waals surface area contributed by atoms with Crippen molar-refractivity contribution in [1.29, 1.82) is 0 Å². The van der Waals surface area contributed by atoms with E-state index >= 15 is 0 Å². The zero-order valence-electron chi connectivity index (χ0n) is 15.2. The number of carbonyl (C=O) groups is 1. The second-order valence-corrected chi connectivity index (χ2v) is 8.34. The van der Waals surface area contributed by atoms with Gasteiger partial charge in [0.25, 0.3) is 0 Å². The van der Waals surface area contributed by atoms with Crippen LogP contribution < -0.4 is 0 Å². The van der Waals surface area contributed by atoms with Crippen LogP contribution in [-0.4, -0.2) is 5.78 Å². The molecule has 3 aliphatic rings. The average Bonchev–Trinajstić information content (AvgIpc) is 2.70. The fourth-order valence-electron chi connectivity index (χ4n) is 5.95. The minimum absolute atomic E-state index is 0.269. The van der Waals surface area contributed by atoms with Gasteiger partial charge in [-0.25, -0.2) is 0 Å². The maximum absolute atomic E-state index is 13.2. The molecule has 2 saturated carbocycles. The maximum Gasteiger partial charge on any atom is 0.162 e. The Morgan fingerprint density at radius 2 is 1.42 bits per heavy atom. The minimum atomic E-state index is 0.269. The predicted molar refractivity (Wildman–Crippen MR) is 106 cm³/mol. The molecule has 0 spiro atoms. The summed E-state index contributed by atoms with van der Waals surface area (Å²) in [5.41, 5.74) is 5.36. The Balaban J connectivity index is 1.41. The molecule has 0 N–H and O–H groups in total. The monoisotopic (exact) mass is 342 g/mol. The van der Waals surface area contributed by atoms with Crippen molar-refractivity contribution >= 4 is 11.9 Å². The van der Waals surface area contributed by atoms with Crippen LogP contribution in [0.1, 0.15) is 54.7 Å². The van der Waals surface area contributed by atoms with Crippen LogP contribution in [-0.2, 0) is 11.2 Å². The molecule has 0 radical (unpaired) electrons. The van der Waals surface area contributed by atoms with E-state index < -0.39 is 0 Å². The summed E-state index contributed by atoms with van der Waals surface area (Å²) in [5.74, 6) is 2.72. The van der Waals surface area contributed by atoms with Gasteiger partial charge in [-0.3, -0.25) is 4.79 Å². The fourth-order valence-corrected chi connectivity index (χ4v) is 5.95. The second kappa shape index (κ2) is 6.54. The van der Waals surface area contributed by atoms with Gasteiger partial charge in [0.05, 0.1) is 0 Å². The number of ketones is 1. The number of hydrogen-bond acceptors (Lipinski definition) is 1. The van der Waals surface area contributed by atoms with Crippen LogP contribution in [0.4, 0.5) is 0 Å². The van der Waals surface area contributed by atoms with E-state index in [4.69, 9.17) is 0 Å². The van der Waals surface area contributed by atoms with E-state index in [2.05, 4.69) is 42.5 Å². The number of aryl methyl sites for hydroxylation is 1. The van der Waals surface area contributed by atoms with Crippen molar-refractivity contribution in [2.75, 3.05) is 0 Å². The van der Waals surface area contributed by atoms with Gasteiger partial charge >= 0.3 is 0 Å². The third kappa shape index (κ3) is 2.65. The van der Waals surface area contributed by atoms with E-state index in [1.165, 1.54) is 25.7 Å². The second-order valence-electron chi connectivity index (χ2n) is 8.34. The summed E-state index contributed by atoms with van der Waals surface area (Å²) < 4.78 is 0. The number of carbonyl (C=O) groups excluding carboxylic acids is 1. The third-order valence-corrected chi connectivity index (χ3v) is 7.11. The Hall–Kier alpha value is -2.15. The van der Waals surface area contributed by atoms with Gasteiger partial charge in [-0.15, -0.1) is 0 Å². The van der Waals surface area contributed by atoms with Crippen LogP contribution in [0.3, 0.4) is 0 Å². The first-order valence-electron chi connectivity index (χ1n) is 10.2. The molecule has 0 amide bonds. The van der Waals surface area contributed by atoms with Crippen molar-refractivity contribution in [2.24, 2.45) is 17.8 Å². The zero-order valence-corrected chi connectivity index (χ0v) is 15.2. The number of hydrogen-bond donors (Lipinski definition) is 0. The molecule has 4 atom stereocenters. The summed E-state index contributed by atoms with van der Waals surface area (Å²) >= 11 is 0. The lowest BCUT2D eigenvalue weighted by molar-refractivity contribution is -0.125. The number of benzene rings is 2. The number of rotatable bonds is 1. The molecule has 1 heteroatoms. The Kier molecular flexibility index (Phi) is 4.04. The van der Waals surface area contributed by atoms with Gasteiger partial charge in [0.2, 0.25) is 0 Å². The van der Waals surface area contributed by atoms with Crippen molar-refractivity contribution in [3.05, 3.63) is 76.9 Å². The summed E-state index contributed by atoms with van der Waals surface area (Å²) in [7, 11) is 0.